The summed E-state index contributed by atoms with van der Waals surface area (Å²) < 4.78 is 0. The second kappa shape index (κ2) is 10.4. The van der Waals surface area contributed by atoms with E-state index in [1.165, 1.54) is 29.2 Å². The van der Waals surface area contributed by atoms with Crippen LogP contribution in [-0.2, 0) is 9.59 Å². The average Bonchev–Trinajstić information content (AvgIpc) is 2.57. The van der Waals surface area contributed by atoms with Crippen LogP contribution in [0.15, 0.2) is 24.3 Å². The lowest BCUT2D eigenvalue weighted by Crippen LogP contribution is -3.14. The molecule has 0 fully saturated rings. The van der Waals surface area contributed by atoms with Crippen molar-refractivity contribution in [3.63, 3.8) is 0 Å². The Morgan fingerprint density at radius 3 is 2.56 bits per heavy atom. The highest BCUT2D eigenvalue weighted by atomic mass is 16.6. The van der Waals surface area contributed by atoms with Gasteiger partial charge in [-0.2, -0.15) is 0 Å². The molecule has 0 aliphatic heterocycles. The molecule has 1 aromatic rings. The van der Waals surface area contributed by atoms with Crippen LogP contribution in [0.1, 0.15) is 20.3 Å². The number of carbonyl (C=O) groups is 2. The molecule has 0 aromatic heterocycles. The topological polar surface area (TPSA) is 133 Å². The number of nitro benzene ring substituents is 1. The van der Waals surface area contributed by atoms with E-state index in [1.807, 2.05) is 0 Å². The van der Waals surface area contributed by atoms with Crippen molar-refractivity contribution in [1.29, 1.82) is 0 Å². The molecule has 0 aliphatic carbocycles. The Bertz CT molecular complexity index is 604. The summed E-state index contributed by atoms with van der Waals surface area (Å²) in [4.78, 5) is 34.8. The first-order valence-electron chi connectivity index (χ1n) is 8.29. The maximum absolute atomic E-state index is 12.0. The first-order chi connectivity index (χ1) is 11.9. The minimum Gasteiger partial charge on any atom is -0.544 e. The van der Waals surface area contributed by atoms with Crippen molar-refractivity contribution in [2.24, 2.45) is 0 Å². The molecule has 0 saturated carbocycles. The standard InChI is InChI=1S/C16H24N4O5/c1-3-19(4-2)9-8-17-14(16(22)23)11-15(21)18-12-6-5-7-13(10-12)20(24)25/h5-7,10,14,17H,3-4,8-9,11H2,1-2H3,(H,18,21)(H,22,23)/p+1/t14-/m1/s1. The van der Waals surface area contributed by atoms with Gasteiger partial charge in [-0.1, -0.05) is 6.07 Å². The number of carbonyl (C=O) groups excluding carboxylic acids is 2. The van der Waals surface area contributed by atoms with Crippen molar-refractivity contribution in [2.75, 3.05) is 31.5 Å². The molecule has 9 heteroatoms. The molecule has 0 spiro atoms. The van der Waals surface area contributed by atoms with Crippen LogP contribution in [0.3, 0.4) is 0 Å². The maximum Gasteiger partial charge on any atom is 0.271 e. The number of nitrogens with zero attached hydrogens (tertiary/aromatic N) is 1. The molecule has 0 heterocycles. The smallest absolute Gasteiger partial charge is 0.271 e. The number of nitro groups is 1. The lowest BCUT2D eigenvalue weighted by molar-refractivity contribution is -0.910. The number of amides is 1. The van der Waals surface area contributed by atoms with E-state index < -0.39 is 22.8 Å². The van der Waals surface area contributed by atoms with Crippen molar-refractivity contribution in [1.82, 2.24) is 0 Å². The van der Waals surface area contributed by atoms with Crippen LogP contribution in [-0.4, -0.2) is 49.0 Å². The number of benzene rings is 1. The van der Waals surface area contributed by atoms with Crippen LogP contribution >= 0.6 is 0 Å². The highest BCUT2D eigenvalue weighted by Crippen LogP contribution is 2.17. The number of aliphatic carboxylic acids is 1. The zero-order valence-corrected chi connectivity index (χ0v) is 14.5. The van der Waals surface area contributed by atoms with Gasteiger partial charge in [0.1, 0.15) is 19.1 Å². The molecule has 138 valence electrons. The molecule has 9 nitrogen and oxygen atoms in total. The zero-order chi connectivity index (χ0) is 18.8. The van der Waals surface area contributed by atoms with Gasteiger partial charge in [-0.05, 0) is 19.9 Å². The Morgan fingerprint density at radius 1 is 1.32 bits per heavy atom. The SMILES string of the molecule is CC[NH+](CC)CC[NH2+][C@H](CC(=O)Nc1cccc([N+](=O)[O-])c1)C(=O)[O-]. The molecule has 1 rings (SSSR count). The quantitative estimate of drug-likeness (QED) is 0.299. The molecule has 1 aromatic carbocycles. The van der Waals surface area contributed by atoms with Crippen LogP contribution in [0.2, 0.25) is 0 Å². The summed E-state index contributed by atoms with van der Waals surface area (Å²) in [6, 6.07) is 4.49. The summed E-state index contributed by atoms with van der Waals surface area (Å²) in [5.41, 5.74) is 0.104. The Labute approximate surface area is 146 Å². The molecule has 0 radical (unpaired) electrons. The Balaban J connectivity index is 2.57. The number of nitrogens with one attached hydrogen (secondary N) is 2. The summed E-state index contributed by atoms with van der Waals surface area (Å²) in [5.74, 6) is -1.83. The predicted octanol–water partition coefficient (Wildman–Crippen LogP) is -2.47. The number of nitrogens with two attached hydrogens (primary N) is 1. The molecule has 0 bridgehead atoms. The fraction of sp³-hybridized carbons (Fsp3) is 0.500. The van der Waals surface area contributed by atoms with Crippen LogP contribution in [0.4, 0.5) is 11.4 Å². The first kappa shape index (κ1) is 20.5. The van der Waals surface area contributed by atoms with Crippen LogP contribution in [0.5, 0.6) is 0 Å². The highest BCUT2D eigenvalue weighted by Gasteiger charge is 2.19. The number of rotatable bonds is 11. The molecule has 0 unspecified atom stereocenters. The number of anilines is 1. The van der Waals surface area contributed by atoms with Crippen molar-refractivity contribution >= 4 is 23.3 Å². The number of hydrogen-bond donors (Lipinski definition) is 3. The van der Waals surface area contributed by atoms with E-state index in [0.717, 1.165) is 19.6 Å². The Hall–Kier alpha value is -2.52. The van der Waals surface area contributed by atoms with E-state index in [2.05, 4.69) is 19.2 Å². The lowest BCUT2D eigenvalue weighted by atomic mass is 10.2. The van der Waals surface area contributed by atoms with Crippen molar-refractivity contribution in [3.8, 4) is 0 Å². The maximum atomic E-state index is 12.0. The van der Waals surface area contributed by atoms with Crippen molar-refractivity contribution in [2.45, 2.75) is 26.3 Å². The molecule has 0 saturated heterocycles. The minimum absolute atomic E-state index is 0.150. The largest absolute Gasteiger partial charge is 0.544 e. The Morgan fingerprint density at radius 2 is 2.00 bits per heavy atom. The van der Waals surface area contributed by atoms with E-state index in [-0.39, 0.29) is 17.8 Å². The van der Waals surface area contributed by atoms with Crippen molar-refractivity contribution in [3.05, 3.63) is 34.4 Å². The van der Waals surface area contributed by atoms with Crippen LogP contribution in [0, 0.1) is 10.1 Å². The zero-order valence-electron chi connectivity index (χ0n) is 14.5. The fourth-order valence-electron chi connectivity index (χ4n) is 2.46. The second-order valence-corrected chi connectivity index (χ2v) is 5.72. The monoisotopic (exact) mass is 353 g/mol. The van der Waals surface area contributed by atoms with Gasteiger partial charge >= 0.3 is 0 Å². The van der Waals surface area contributed by atoms with Gasteiger partial charge in [0.05, 0.1) is 30.4 Å². The van der Waals surface area contributed by atoms with Crippen LogP contribution in [0.25, 0.3) is 0 Å². The number of hydrogen-bond acceptors (Lipinski definition) is 5. The molecule has 0 aliphatic rings. The van der Waals surface area contributed by atoms with Crippen molar-refractivity contribution < 1.29 is 29.8 Å². The molecular formula is C16H25N4O5+. The summed E-state index contributed by atoms with van der Waals surface area (Å²) in [6.07, 6.45) is -0.265. The summed E-state index contributed by atoms with van der Waals surface area (Å²) in [7, 11) is 0. The summed E-state index contributed by atoms with van der Waals surface area (Å²) in [6.45, 7) is 7.38. The van der Waals surface area contributed by atoms with E-state index in [4.69, 9.17) is 0 Å². The Kier molecular flexibility index (Phi) is 8.51. The van der Waals surface area contributed by atoms with E-state index in [1.54, 1.807) is 5.32 Å². The number of quaternary nitrogens is 2. The lowest BCUT2D eigenvalue weighted by Gasteiger charge is -2.19. The predicted molar refractivity (Wildman–Crippen MR) is 88.8 cm³/mol. The molecule has 4 N–H and O–H groups in total. The third-order valence-corrected chi connectivity index (χ3v) is 4.00. The summed E-state index contributed by atoms with van der Waals surface area (Å²) >= 11 is 0. The summed E-state index contributed by atoms with van der Waals surface area (Å²) in [5, 5.41) is 26.0. The van der Waals surface area contributed by atoms with E-state index in [9.17, 15) is 24.8 Å². The average molecular weight is 353 g/mol. The molecule has 25 heavy (non-hydrogen) atoms. The number of carboxylic acid groups (broad SMARTS) is 1. The van der Waals surface area contributed by atoms with Gasteiger partial charge in [0.25, 0.3) is 5.69 Å². The first-order valence-corrected chi connectivity index (χ1v) is 8.29. The van der Waals surface area contributed by atoms with Gasteiger partial charge in [-0.25, -0.2) is 0 Å². The van der Waals surface area contributed by atoms with Gasteiger partial charge in [0.15, 0.2) is 0 Å². The molecule has 1 atom stereocenters. The third-order valence-electron chi connectivity index (χ3n) is 4.00. The van der Waals surface area contributed by atoms with E-state index >= 15 is 0 Å². The van der Waals surface area contributed by atoms with Crippen LogP contribution < -0.4 is 20.6 Å². The normalized spacial score (nSPS) is 12.0. The minimum atomic E-state index is -1.30. The van der Waals surface area contributed by atoms with Gasteiger partial charge in [-0.3, -0.25) is 14.9 Å². The molecule has 1 amide bonds. The third kappa shape index (κ3) is 7.27. The van der Waals surface area contributed by atoms with Gasteiger partial charge < -0.3 is 25.4 Å². The highest BCUT2D eigenvalue weighted by molar-refractivity contribution is 5.93. The number of non-ortho nitro benzene ring substituents is 1. The molecular weight excluding hydrogens is 328 g/mol. The van der Waals surface area contributed by atoms with Gasteiger partial charge in [0.2, 0.25) is 5.91 Å². The van der Waals surface area contributed by atoms with Gasteiger partial charge in [-0.15, -0.1) is 0 Å². The van der Waals surface area contributed by atoms with E-state index in [0.29, 0.717) is 6.54 Å². The fourth-order valence-corrected chi connectivity index (χ4v) is 2.46. The second-order valence-electron chi connectivity index (χ2n) is 5.72. The number of likely N-dealkylation sites (N-methyl/N-ethyl adjacent to an activating group) is 1. The van der Waals surface area contributed by atoms with Gasteiger partial charge in [0, 0.05) is 17.8 Å². The number of carboxylic acids is 1.